The Balaban J connectivity index is 1.45. The molecule has 1 spiro atoms. The van der Waals surface area contributed by atoms with Crippen LogP contribution in [0.4, 0.5) is 0 Å². The predicted octanol–water partition coefficient (Wildman–Crippen LogP) is 8.56. The Labute approximate surface area is 289 Å². The SMILES string of the molecule is Cc1cc(-c2ccccc2C2(C)[n+]3c(C)cccc3-c3ccccc3C23c2ccccc2-c2cccc(C)[n+]23)[n+](C)cc1-c1ccccc1. The van der Waals surface area contributed by atoms with Crippen LogP contribution in [-0.2, 0) is 18.1 Å². The lowest BCUT2D eigenvalue weighted by Gasteiger charge is -2.44. The maximum Gasteiger partial charge on any atom is 0.288 e. The first kappa shape index (κ1) is 29.5. The van der Waals surface area contributed by atoms with Crippen LogP contribution in [0.3, 0.4) is 0 Å². The van der Waals surface area contributed by atoms with E-state index in [0.717, 1.165) is 0 Å². The van der Waals surface area contributed by atoms with E-state index in [1.807, 2.05) is 0 Å². The van der Waals surface area contributed by atoms with Crippen LogP contribution >= 0.6 is 0 Å². The van der Waals surface area contributed by atoms with Crippen molar-refractivity contribution in [1.82, 2.24) is 0 Å². The van der Waals surface area contributed by atoms with Crippen molar-refractivity contribution >= 4 is 0 Å². The molecule has 5 heterocycles. The van der Waals surface area contributed by atoms with Crippen LogP contribution in [-0.4, -0.2) is 0 Å². The summed E-state index contributed by atoms with van der Waals surface area (Å²) < 4.78 is 7.61. The number of aryl methyl sites for hydroxylation is 4. The molecular formula is C46H40N3+3. The molecule has 0 saturated heterocycles. The third-order valence-corrected chi connectivity index (χ3v) is 11.3. The van der Waals surface area contributed by atoms with Crippen LogP contribution in [0.2, 0.25) is 0 Å². The van der Waals surface area contributed by atoms with Gasteiger partial charge in [-0.15, -0.1) is 0 Å². The highest BCUT2D eigenvalue weighted by Crippen LogP contribution is 2.57. The molecule has 2 unspecified atom stereocenters. The van der Waals surface area contributed by atoms with E-state index in [0.29, 0.717) is 0 Å². The lowest BCUT2D eigenvalue weighted by molar-refractivity contribution is -0.849. The van der Waals surface area contributed by atoms with Crippen molar-refractivity contribution in [2.75, 3.05) is 0 Å². The second-order valence-electron chi connectivity index (χ2n) is 13.9. The topological polar surface area (TPSA) is 11.6 Å². The Bertz CT molecular complexity index is 2460. The van der Waals surface area contributed by atoms with Crippen LogP contribution in [0.5, 0.6) is 0 Å². The van der Waals surface area contributed by atoms with Crippen LogP contribution in [0, 0.1) is 20.8 Å². The highest BCUT2D eigenvalue weighted by Gasteiger charge is 2.74. The zero-order chi connectivity index (χ0) is 33.5. The van der Waals surface area contributed by atoms with Crippen molar-refractivity contribution in [3.05, 3.63) is 185 Å². The molecule has 0 fully saturated rings. The molecule has 0 bridgehead atoms. The molecule has 236 valence electrons. The second-order valence-corrected chi connectivity index (χ2v) is 13.9. The van der Waals surface area contributed by atoms with E-state index >= 15 is 0 Å². The predicted molar refractivity (Wildman–Crippen MR) is 196 cm³/mol. The van der Waals surface area contributed by atoms with Crippen molar-refractivity contribution in [2.45, 2.75) is 38.8 Å². The third-order valence-electron chi connectivity index (χ3n) is 11.3. The smallest absolute Gasteiger partial charge is 0.200 e. The fraction of sp³-hybridized carbons (Fsp3) is 0.152. The number of pyridine rings is 3. The summed E-state index contributed by atoms with van der Waals surface area (Å²) in [6.07, 6.45) is 2.30. The van der Waals surface area contributed by atoms with Crippen molar-refractivity contribution in [3.8, 4) is 44.9 Å². The van der Waals surface area contributed by atoms with E-state index in [-0.39, 0.29) is 0 Å². The molecule has 3 aromatic heterocycles. The molecule has 2 aliphatic heterocycles. The molecule has 0 aliphatic carbocycles. The minimum atomic E-state index is -0.601. The molecule has 2 aliphatic rings. The minimum Gasteiger partial charge on any atom is -0.200 e. The quantitative estimate of drug-likeness (QED) is 0.173. The largest absolute Gasteiger partial charge is 0.288 e. The van der Waals surface area contributed by atoms with Crippen molar-refractivity contribution in [2.24, 2.45) is 7.05 Å². The Morgan fingerprint density at radius 1 is 0.449 bits per heavy atom. The normalized spacial score (nSPS) is 18.5. The van der Waals surface area contributed by atoms with Gasteiger partial charge in [0.1, 0.15) is 7.05 Å². The molecule has 7 aromatic rings. The van der Waals surface area contributed by atoms with Gasteiger partial charge in [-0.1, -0.05) is 84.9 Å². The standard InChI is InChI=1S/C46H40N3/c1-31-29-44(47(5)30-38(31)34-19-7-6-8-20-34)35-21-9-12-24-39(35)45(4)46(40-25-13-10-22-36(40)42-27-15-17-32(2)48(42)45)41-26-14-11-23-37(41)43-28-16-18-33(3)49(43)46/h6-30H,1-5H3/q+3. The zero-order valence-corrected chi connectivity index (χ0v) is 28.8. The highest BCUT2D eigenvalue weighted by atomic mass is 15.2. The van der Waals surface area contributed by atoms with Gasteiger partial charge >= 0.3 is 0 Å². The summed E-state index contributed by atoms with van der Waals surface area (Å²) in [6, 6.07) is 54.0. The molecule has 4 aromatic carbocycles. The van der Waals surface area contributed by atoms with Crippen LogP contribution in [0.1, 0.15) is 40.6 Å². The van der Waals surface area contributed by atoms with Gasteiger partial charge in [0.15, 0.2) is 17.6 Å². The monoisotopic (exact) mass is 634 g/mol. The van der Waals surface area contributed by atoms with Gasteiger partial charge in [-0.25, -0.2) is 4.57 Å². The lowest BCUT2D eigenvalue weighted by Crippen LogP contribution is -2.79. The second kappa shape index (κ2) is 10.7. The Morgan fingerprint density at radius 3 is 1.55 bits per heavy atom. The maximum absolute atomic E-state index is 2.65. The first-order chi connectivity index (χ1) is 23.9. The van der Waals surface area contributed by atoms with Gasteiger partial charge in [-0.2, -0.15) is 9.13 Å². The van der Waals surface area contributed by atoms with Crippen LogP contribution < -0.4 is 13.7 Å². The number of aromatic nitrogens is 3. The summed E-state index contributed by atoms with van der Waals surface area (Å²) >= 11 is 0. The molecular weight excluding hydrogens is 595 g/mol. The molecule has 0 radical (unpaired) electrons. The fourth-order valence-electron chi connectivity index (χ4n) is 9.41. The molecule has 2 atom stereocenters. The first-order valence-corrected chi connectivity index (χ1v) is 17.3. The summed E-state index contributed by atoms with van der Waals surface area (Å²) in [7, 11) is 2.19. The molecule has 3 nitrogen and oxygen atoms in total. The Hall–Kier alpha value is -5.67. The molecule has 0 N–H and O–H groups in total. The lowest BCUT2D eigenvalue weighted by atomic mass is 9.61. The number of fused-ring (bicyclic) bond motifs is 9. The van der Waals surface area contributed by atoms with Crippen molar-refractivity contribution < 1.29 is 13.7 Å². The summed E-state index contributed by atoms with van der Waals surface area (Å²) in [5.41, 5.74) is 16.4. The maximum atomic E-state index is 2.65. The average molecular weight is 635 g/mol. The zero-order valence-electron chi connectivity index (χ0n) is 28.8. The van der Waals surface area contributed by atoms with E-state index in [4.69, 9.17) is 0 Å². The Kier molecular flexibility index (Phi) is 6.42. The Morgan fingerprint density at radius 2 is 0.939 bits per heavy atom. The van der Waals surface area contributed by atoms with Crippen molar-refractivity contribution in [1.29, 1.82) is 0 Å². The minimum absolute atomic E-state index is 0.599. The summed E-state index contributed by atoms with van der Waals surface area (Å²) in [5.74, 6) is 0. The number of rotatable bonds is 3. The van der Waals surface area contributed by atoms with Gasteiger partial charge in [0.05, 0.1) is 16.7 Å². The number of benzene rings is 4. The van der Waals surface area contributed by atoms with Crippen molar-refractivity contribution in [3.63, 3.8) is 0 Å². The van der Waals surface area contributed by atoms with Gasteiger partial charge in [-0.3, -0.25) is 0 Å². The molecule has 0 amide bonds. The van der Waals surface area contributed by atoms with Gasteiger partial charge < -0.3 is 0 Å². The van der Waals surface area contributed by atoms with Gasteiger partial charge in [0.25, 0.3) is 11.1 Å². The highest BCUT2D eigenvalue weighted by molar-refractivity contribution is 5.77. The molecule has 3 heteroatoms. The van der Waals surface area contributed by atoms with E-state index in [1.54, 1.807) is 0 Å². The van der Waals surface area contributed by atoms with Gasteiger partial charge in [0.2, 0.25) is 17.1 Å². The van der Waals surface area contributed by atoms with Gasteiger partial charge in [-0.05, 0) is 48.4 Å². The summed E-state index contributed by atoms with van der Waals surface area (Å²) in [5, 5.41) is 0. The van der Waals surface area contributed by atoms with E-state index in [2.05, 4.69) is 200 Å². The molecule has 0 saturated carbocycles. The summed E-state index contributed by atoms with van der Waals surface area (Å²) in [4.78, 5) is 0. The van der Waals surface area contributed by atoms with E-state index in [1.165, 1.54) is 78.5 Å². The summed E-state index contributed by atoms with van der Waals surface area (Å²) in [6.45, 7) is 9.28. The molecule has 49 heavy (non-hydrogen) atoms. The third kappa shape index (κ3) is 3.82. The first-order valence-electron chi connectivity index (χ1n) is 17.3. The van der Waals surface area contributed by atoms with E-state index < -0.39 is 11.1 Å². The number of hydrogen-bond donors (Lipinski definition) is 0. The van der Waals surface area contributed by atoms with E-state index in [9.17, 15) is 0 Å². The van der Waals surface area contributed by atoms with Crippen LogP contribution in [0.25, 0.3) is 44.9 Å². The van der Waals surface area contributed by atoms with Gasteiger partial charge in [0, 0.05) is 73.4 Å². The van der Waals surface area contributed by atoms with Crippen LogP contribution in [0.15, 0.2) is 152 Å². The number of nitrogens with zero attached hydrogens (tertiary/aromatic N) is 3. The average Bonchev–Trinajstić information content (AvgIpc) is 3.44. The number of hydrogen-bond acceptors (Lipinski definition) is 0. The molecule has 9 rings (SSSR count). The fourth-order valence-corrected chi connectivity index (χ4v) is 9.41.